The van der Waals surface area contributed by atoms with Gasteiger partial charge < -0.3 is 0 Å². The van der Waals surface area contributed by atoms with Gasteiger partial charge in [0, 0.05) is 0 Å². The molecule has 160 valence electrons. The third-order valence-corrected chi connectivity index (χ3v) is 11.1. The SMILES string of the molecule is CC12CCCC1C1CC[C@H]3CC(OS(=O)(=O)c4ccccc4)CCC3(C)C1CC2. The molecule has 0 heterocycles. The van der Waals surface area contributed by atoms with Crippen molar-refractivity contribution in [3.8, 4) is 0 Å². The highest BCUT2D eigenvalue weighted by atomic mass is 32.2. The summed E-state index contributed by atoms with van der Waals surface area (Å²) in [5, 5.41) is 0. The Labute approximate surface area is 176 Å². The maximum atomic E-state index is 12.7. The quantitative estimate of drug-likeness (QED) is 0.552. The van der Waals surface area contributed by atoms with Gasteiger partial charge in [-0.15, -0.1) is 0 Å². The van der Waals surface area contributed by atoms with Gasteiger partial charge in [-0.2, -0.15) is 8.42 Å². The van der Waals surface area contributed by atoms with Gasteiger partial charge in [-0.25, -0.2) is 0 Å². The molecule has 29 heavy (non-hydrogen) atoms. The zero-order chi connectivity index (χ0) is 20.3. The number of benzene rings is 1. The fourth-order valence-electron chi connectivity index (χ4n) is 8.12. The summed E-state index contributed by atoms with van der Waals surface area (Å²) in [6, 6.07) is 8.62. The third-order valence-electron chi connectivity index (χ3n) is 9.69. The van der Waals surface area contributed by atoms with Gasteiger partial charge >= 0.3 is 0 Å². The molecule has 4 saturated carbocycles. The van der Waals surface area contributed by atoms with Crippen LogP contribution in [0.3, 0.4) is 0 Å². The lowest BCUT2D eigenvalue weighted by atomic mass is 9.45. The first-order valence-electron chi connectivity index (χ1n) is 11.8. The van der Waals surface area contributed by atoms with Gasteiger partial charge in [-0.05, 0) is 104 Å². The van der Waals surface area contributed by atoms with E-state index in [1.165, 1.54) is 44.9 Å². The van der Waals surface area contributed by atoms with Gasteiger partial charge in [0.1, 0.15) is 0 Å². The van der Waals surface area contributed by atoms with Crippen LogP contribution >= 0.6 is 0 Å². The highest BCUT2D eigenvalue weighted by Gasteiger charge is 2.58. The van der Waals surface area contributed by atoms with E-state index in [1.807, 2.05) is 6.07 Å². The van der Waals surface area contributed by atoms with Gasteiger partial charge in [0.2, 0.25) is 0 Å². The molecule has 4 fully saturated rings. The molecule has 0 bridgehead atoms. The minimum atomic E-state index is -3.66. The Bertz CT molecular complexity index is 850. The smallest absolute Gasteiger partial charge is 0.263 e. The molecular formula is C25H36O3S. The molecule has 3 nitrogen and oxygen atoms in total. The van der Waals surface area contributed by atoms with E-state index in [9.17, 15) is 8.42 Å². The van der Waals surface area contributed by atoms with Crippen molar-refractivity contribution in [1.29, 1.82) is 0 Å². The number of hydrogen-bond donors (Lipinski definition) is 0. The predicted molar refractivity (Wildman–Crippen MR) is 115 cm³/mol. The third kappa shape index (κ3) is 3.29. The van der Waals surface area contributed by atoms with Gasteiger partial charge in [0.25, 0.3) is 10.1 Å². The van der Waals surface area contributed by atoms with Crippen molar-refractivity contribution in [2.24, 2.45) is 34.5 Å². The summed E-state index contributed by atoms with van der Waals surface area (Å²) < 4.78 is 31.2. The molecule has 5 rings (SSSR count). The Balaban J connectivity index is 1.31. The van der Waals surface area contributed by atoms with Crippen LogP contribution in [-0.2, 0) is 14.3 Å². The zero-order valence-corrected chi connectivity index (χ0v) is 18.8. The average molecular weight is 417 g/mol. The van der Waals surface area contributed by atoms with Gasteiger partial charge in [-0.3, -0.25) is 4.18 Å². The van der Waals surface area contributed by atoms with E-state index >= 15 is 0 Å². The Morgan fingerprint density at radius 2 is 1.69 bits per heavy atom. The van der Waals surface area contributed by atoms with E-state index in [4.69, 9.17) is 4.18 Å². The lowest BCUT2D eigenvalue weighted by molar-refractivity contribution is -0.117. The Morgan fingerprint density at radius 3 is 2.48 bits per heavy atom. The Morgan fingerprint density at radius 1 is 0.897 bits per heavy atom. The summed E-state index contributed by atoms with van der Waals surface area (Å²) in [5.74, 6) is 3.29. The molecule has 1 aromatic carbocycles. The molecule has 0 saturated heterocycles. The largest absolute Gasteiger partial charge is 0.297 e. The van der Waals surface area contributed by atoms with Crippen LogP contribution in [0.15, 0.2) is 35.2 Å². The Kier molecular flexibility index (Phi) is 4.90. The second-order valence-corrected chi connectivity index (χ2v) is 12.6. The maximum Gasteiger partial charge on any atom is 0.297 e. The number of rotatable bonds is 3. The van der Waals surface area contributed by atoms with Crippen molar-refractivity contribution in [3.63, 3.8) is 0 Å². The first kappa shape index (κ1) is 20.1. The van der Waals surface area contributed by atoms with Gasteiger partial charge in [-0.1, -0.05) is 38.5 Å². The second kappa shape index (κ2) is 7.09. The van der Waals surface area contributed by atoms with E-state index in [2.05, 4.69) is 13.8 Å². The van der Waals surface area contributed by atoms with Crippen molar-refractivity contribution in [3.05, 3.63) is 30.3 Å². The molecule has 4 heteroatoms. The molecular weight excluding hydrogens is 380 g/mol. The van der Waals surface area contributed by atoms with E-state index in [0.717, 1.165) is 37.0 Å². The molecule has 0 amide bonds. The van der Waals surface area contributed by atoms with Crippen molar-refractivity contribution in [2.75, 3.05) is 0 Å². The monoisotopic (exact) mass is 416 g/mol. The van der Waals surface area contributed by atoms with E-state index in [0.29, 0.717) is 16.7 Å². The highest BCUT2D eigenvalue weighted by Crippen LogP contribution is 2.66. The lowest BCUT2D eigenvalue weighted by Crippen LogP contribution is -2.53. The molecule has 4 aliphatic carbocycles. The van der Waals surface area contributed by atoms with Crippen LogP contribution in [0.4, 0.5) is 0 Å². The topological polar surface area (TPSA) is 43.4 Å². The minimum absolute atomic E-state index is 0.157. The molecule has 1 aromatic rings. The van der Waals surface area contributed by atoms with Crippen LogP contribution < -0.4 is 0 Å². The number of hydrogen-bond acceptors (Lipinski definition) is 3. The summed E-state index contributed by atoms with van der Waals surface area (Å²) in [6.07, 6.45) is 12.5. The molecule has 4 aliphatic rings. The van der Waals surface area contributed by atoms with Crippen molar-refractivity contribution < 1.29 is 12.6 Å². The minimum Gasteiger partial charge on any atom is -0.263 e. The van der Waals surface area contributed by atoms with E-state index in [-0.39, 0.29) is 11.0 Å². The Hall–Kier alpha value is -0.870. The molecule has 0 spiro atoms. The summed E-state index contributed by atoms with van der Waals surface area (Å²) in [5.41, 5.74) is 0.984. The molecule has 0 aromatic heterocycles. The summed E-state index contributed by atoms with van der Waals surface area (Å²) >= 11 is 0. The molecule has 0 aliphatic heterocycles. The highest BCUT2D eigenvalue weighted by molar-refractivity contribution is 7.86. The van der Waals surface area contributed by atoms with E-state index < -0.39 is 10.1 Å². The summed E-state index contributed by atoms with van der Waals surface area (Å²) in [4.78, 5) is 0.282. The molecule has 7 atom stereocenters. The van der Waals surface area contributed by atoms with Crippen LogP contribution in [0.1, 0.15) is 78.1 Å². The van der Waals surface area contributed by atoms with Crippen LogP contribution in [0, 0.1) is 34.5 Å². The fraction of sp³-hybridized carbons (Fsp3) is 0.760. The van der Waals surface area contributed by atoms with Crippen molar-refractivity contribution >= 4 is 10.1 Å². The fourth-order valence-corrected chi connectivity index (χ4v) is 9.26. The van der Waals surface area contributed by atoms with Crippen molar-refractivity contribution in [2.45, 2.75) is 89.1 Å². The number of fused-ring (bicyclic) bond motifs is 5. The van der Waals surface area contributed by atoms with E-state index in [1.54, 1.807) is 24.3 Å². The normalized spacial score (nSPS) is 44.6. The standard InChI is InChI=1S/C25H36O3S/c1-24-14-6-9-22(24)21-11-10-18-17-19(12-16-25(18,2)23(21)13-15-24)28-29(26,27)20-7-4-3-5-8-20/h3-5,7-8,18-19,21-23H,6,9-17H2,1-2H3/t18-,19?,21?,22?,23?,24?,25?/m0/s1. The lowest BCUT2D eigenvalue weighted by Gasteiger charge is -2.60. The first-order valence-corrected chi connectivity index (χ1v) is 13.2. The molecule has 0 N–H and O–H groups in total. The molecule has 0 radical (unpaired) electrons. The first-order chi connectivity index (χ1) is 13.8. The van der Waals surface area contributed by atoms with Crippen LogP contribution in [0.2, 0.25) is 0 Å². The maximum absolute atomic E-state index is 12.7. The van der Waals surface area contributed by atoms with Gasteiger partial charge in [0.05, 0.1) is 11.0 Å². The molecule has 6 unspecified atom stereocenters. The average Bonchev–Trinajstić information content (AvgIpc) is 3.10. The van der Waals surface area contributed by atoms with Crippen LogP contribution in [-0.4, -0.2) is 14.5 Å². The predicted octanol–water partition coefficient (Wildman–Crippen LogP) is 6.19. The van der Waals surface area contributed by atoms with Crippen LogP contribution in [0.5, 0.6) is 0 Å². The second-order valence-electron chi connectivity index (χ2n) is 11.0. The van der Waals surface area contributed by atoms with Gasteiger partial charge in [0.15, 0.2) is 0 Å². The summed E-state index contributed by atoms with van der Waals surface area (Å²) in [6.45, 7) is 5.10. The zero-order valence-electron chi connectivity index (χ0n) is 18.0. The van der Waals surface area contributed by atoms with Crippen molar-refractivity contribution in [1.82, 2.24) is 0 Å². The summed E-state index contributed by atoms with van der Waals surface area (Å²) in [7, 11) is -3.66. The van der Waals surface area contributed by atoms with Crippen LogP contribution in [0.25, 0.3) is 0 Å².